The largest absolute Gasteiger partial charge is 0.363 e. The third kappa shape index (κ3) is 6.66. The van der Waals surface area contributed by atoms with E-state index in [0.29, 0.717) is 11.1 Å². The monoisotopic (exact) mass is 595 g/mol. The molecule has 2 atom stereocenters. The second kappa shape index (κ2) is 13.0. The Morgan fingerprint density at radius 2 is 1.25 bits per heavy atom. The number of nitrogens with zero attached hydrogens (tertiary/aromatic N) is 3. The van der Waals surface area contributed by atoms with Gasteiger partial charge in [-0.3, -0.25) is 0 Å². The highest BCUT2D eigenvalue weighted by Gasteiger charge is 2.36. The lowest BCUT2D eigenvalue weighted by Gasteiger charge is -2.48. The molecule has 0 aromatic heterocycles. The molecule has 0 saturated carbocycles. The summed E-state index contributed by atoms with van der Waals surface area (Å²) in [5.74, 6) is 0.836. The number of anilines is 1. The van der Waals surface area contributed by atoms with Crippen molar-refractivity contribution in [3.05, 3.63) is 99.0 Å². The Labute approximate surface area is 255 Å². The second-order valence-corrected chi connectivity index (χ2v) is 13.3. The van der Waals surface area contributed by atoms with E-state index in [1.54, 1.807) is 0 Å². The van der Waals surface area contributed by atoms with E-state index >= 15 is 0 Å². The zero-order chi connectivity index (χ0) is 27.5. The van der Waals surface area contributed by atoms with Crippen LogP contribution in [0.15, 0.2) is 72.8 Å². The quantitative estimate of drug-likeness (QED) is 0.282. The summed E-state index contributed by atoms with van der Waals surface area (Å²) < 4.78 is 0. The van der Waals surface area contributed by atoms with Crippen molar-refractivity contribution in [3.8, 4) is 0 Å². The Kier molecular flexibility index (Phi) is 9.26. The van der Waals surface area contributed by atoms with Gasteiger partial charge in [0.1, 0.15) is 0 Å². The Hall–Kier alpha value is -1.75. The first-order valence-corrected chi connectivity index (χ1v) is 16.2. The average Bonchev–Trinajstić information content (AvgIpc) is 2.99. The van der Waals surface area contributed by atoms with Crippen molar-refractivity contribution in [2.24, 2.45) is 5.92 Å². The van der Waals surface area contributed by atoms with Gasteiger partial charge in [-0.1, -0.05) is 77.3 Å². The topological polar surface area (TPSA) is 9.72 Å². The molecule has 0 spiro atoms. The van der Waals surface area contributed by atoms with Crippen molar-refractivity contribution in [3.63, 3.8) is 0 Å². The molecular weight excluding hydrogens is 557 g/mol. The normalized spacial score (nSPS) is 23.9. The van der Waals surface area contributed by atoms with E-state index in [9.17, 15) is 0 Å². The lowest BCUT2D eigenvalue weighted by Crippen LogP contribution is -2.52. The zero-order valence-electron chi connectivity index (χ0n) is 23.2. The Balaban J connectivity index is 1.06. The predicted octanol–water partition coefficient (Wildman–Crippen LogP) is 8.78. The molecule has 0 amide bonds. The lowest BCUT2D eigenvalue weighted by atomic mass is 9.87. The van der Waals surface area contributed by atoms with E-state index in [1.807, 2.05) is 24.3 Å². The Morgan fingerprint density at radius 1 is 0.625 bits per heavy atom. The maximum absolute atomic E-state index is 6.70. The fourth-order valence-corrected chi connectivity index (χ4v) is 8.01. The van der Waals surface area contributed by atoms with Crippen LogP contribution in [0.3, 0.4) is 0 Å². The van der Waals surface area contributed by atoms with Gasteiger partial charge in [-0.25, -0.2) is 0 Å². The van der Waals surface area contributed by atoms with Gasteiger partial charge in [0, 0.05) is 28.7 Å². The fraction of sp³-hybridized carbons (Fsp3) is 0.471. The van der Waals surface area contributed by atoms with Crippen LogP contribution in [-0.4, -0.2) is 54.6 Å². The van der Waals surface area contributed by atoms with Crippen LogP contribution >= 0.6 is 34.8 Å². The van der Waals surface area contributed by atoms with Crippen molar-refractivity contribution in [1.82, 2.24) is 9.80 Å². The first-order valence-electron chi connectivity index (χ1n) is 15.0. The average molecular weight is 597 g/mol. The van der Waals surface area contributed by atoms with Gasteiger partial charge in [-0.15, -0.1) is 0 Å². The summed E-state index contributed by atoms with van der Waals surface area (Å²) in [6, 6.07) is 26.9. The van der Waals surface area contributed by atoms with E-state index in [-0.39, 0.29) is 6.04 Å². The van der Waals surface area contributed by atoms with Gasteiger partial charge < -0.3 is 14.7 Å². The number of halogens is 3. The molecule has 6 heteroatoms. The molecule has 0 aliphatic carbocycles. The molecule has 3 aliphatic heterocycles. The van der Waals surface area contributed by atoms with Gasteiger partial charge >= 0.3 is 0 Å². The third-order valence-electron chi connectivity index (χ3n) is 9.60. The van der Waals surface area contributed by atoms with Crippen LogP contribution in [-0.2, 0) is 6.42 Å². The molecule has 3 heterocycles. The minimum atomic E-state index is 0.260. The van der Waals surface area contributed by atoms with Crippen LogP contribution in [0.2, 0.25) is 15.1 Å². The van der Waals surface area contributed by atoms with Crippen LogP contribution < -0.4 is 4.90 Å². The molecule has 40 heavy (non-hydrogen) atoms. The smallest absolute Gasteiger partial charge is 0.0654 e. The van der Waals surface area contributed by atoms with Crippen molar-refractivity contribution in [2.45, 2.75) is 63.1 Å². The van der Waals surface area contributed by atoms with E-state index in [1.165, 1.54) is 69.4 Å². The van der Waals surface area contributed by atoms with Gasteiger partial charge in [0.2, 0.25) is 0 Å². The Bertz CT molecular complexity index is 1240. The molecule has 0 bridgehead atoms. The summed E-state index contributed by atoms with van der Waals surface area (Å²) in [7, 11) is 0. The van der Waals surface area contributed by atoms with Gasteiger partial charge in [-0.2, -0.15) is 0 Å². The molecular formula is C34H40Cl3N3. The maximum Gasteiger partial charge on any atom is 0.0654 e. The summed E-state index contributed by atoms with van der Waals surface area (Å²) in [6.45, 7) is 5.92. The van der Waals surface area contributed by atoms with E-state index in [0.717, 1.165) is 47.1 Å². The SMILES string of the molecule is Clc1ccc(C2CC(N3CCC(N4CCC(Cc5ccccc5)CC4)CC3)CCN2c2ccc(Cl)cc2Cl)cc1. The van der Waals surface area contributed by atoms with Crippen molar-refractivity contribution < 1.29 is 0 Å². The number of likely N-dealkylation sites (tertiary alicyclic amines) is 2. The van der Waals surface area contributed by atoms with Crippen molar-refractivity contribution >= 4 is 40.5 Å². The summed E-state index contributed by atoms with van der Waals surface area (Å²) in [4.78, 5) is 8.06. The number of piperidine rings is 3. The number of rotatable bonds is 6. The molecule has 0 radical (unpaired) electrons. The molecule has 3 nitrogen and oxygen atoms in total. The van der Waals surface area contributed by atoms with E-state index in [4.69, 9.17) is 34.8 Å². The van der Waals surface area contributed by atoms with Crippen LogP contribution in [0.5, 0.6) is 0 Å². The Morgan fingerprint density at radius 3 is 1.95 bits per heavy atom. The molecule has 3 saturated heterocycles. The van der Waals surface area contributed by atoms with Crippen LogP contribution in [0.25, 0.3) is 0 Å². The summed E-state index contributed by atoms with van der Waals surface area (Å²) in [5, 5.41) is 2.17. The second-order valence-electron chi connectivity index (χ2n) is 12.0. The number of benzene rings is 3. The van der Waals surface area contributed by atoms with Crippen LogP contribution in [0, 0.1) is 5.92 Å². The standard InChI is InChI=1S/C34H40Cl3N3/c35-28-8-6-27(7-9-28)34-24-31(16-21-40(34)33-11-10-29(36)23-32(33)37)39-19-14-30(15-20-39)38-17-12-26(13-18-38)22-25-4-2-1-3-5-25/h1-11,23,26,30-31,34H,12-22,24H2. The fourth-order valence-electron chi connectivity index (χ4n) is 7.37. The molecule has 3 aromatic carbocycles. The highest BCUT2D eigenvalue weighted by atomic mass is 35.5. The van der Waals surface area contributed by atoms with Crippen LogP contribution in [0.4, 0.5) is 5.69 Å². The predicted molar refractivity (Wildman–Crippen MR) is 170 cm³/mol. The molecule has 3 aliphatic rings. The molecule has 3 fully saturated rings. The first-order chi connectivity index (χ1) is 19.5. The van der Waals surface area contributed by atoms with E-state index in [2.05, 4.69) is 63.2 Å². The minimum absolute atomic E-state index is 0.260. The molecule has 0 N–H and O–H groups in total. The highest BCUT2D eigenvalue weighted by molar-refractivity contribution is 6.36. The van der Waals surface area contributed by atoms with Gasteiger partial charge in [0.05, 0.1) is 16.8 Å². The van der Waals surface area contributed by atoms with Gasteiger partial charge in [0.15, 0.2) is 0 Å². The van der Waals surface area contributed by atoms with Crippen molar-refractivity contribution in [1.29, 1.82) is 0 Å². The number of hydrogen-bond acceptors (Lipinski definition) is 3. The van der Waals surface area contributed by atoms with Crippen molar-refractivity contribution in [2.75, 3.05) is 37.6 Å². The van der Waals surface area contributed by atoms with Gasteiger partial charge in [0.25, 0.3) is 0 Å². The summed E-state index contributed by atoms with van der Waals surface area (Å²) >= 11 is 19.2. The summed E-state index contributed by atoms with van der Waals surface area (Å²) in [6.07, 6.45) is 8.74. The summed E-state index contributed by atoms with van der Waals surface area (Å²) in [5.41, 5.74) is 3.86. The molecule has 212 valence electrons. The molecule has 3 aromatic rings. The van der Waals surface area contributed by atoms with Crippen LogP contribution in [0.1, 0.15) is 55.7 Å². The minimum Gasteiger partial charge on any atom is -0.363 e. The van der Waals surface area contributed by atoms with Gasteiger partial charge in [-0.05, 0) is 119 Å². The first kappa shape index (κ1) is 28.4. The number of hydrogen-bond donors (Lipinski definition) is 0. The van der Waals surface area contributed by atoms with E-state index < -0.39 is 0 Å². The maximum atomic E-state index is 6.70. The lowest BCUT2D eigenvalue weighted by molar-refractivity contribution is 0.0525. The third-order valence-corrected chi connectivity index (χ3v) is 10.4. The highest BCUT2D eigenvalue weighted by Crippen LogP contribution is 2.41. The molecule has 6 rings (SSSR count). The zero-order valence-corrected chi connectivity index (χ0v) is 25.5. The molecule has 2 unspecified atom stereocenters.